The van der Waals surface area contributed by atoms with Crippen LogP contribution in [0, 0.1) is 10.1 Å². The van der Waals surface area contributed by atoms with Crippen molar-refractivity contribution in [2.24, 2.45) is 0 Å². The number of hydrogen-bond acceptors (Lipinski definition) is 7. The van der Waals surface area contributed by atoms with Crippen molar-refractivity contribution in [3.8, 4) is 28.7 Å². The maximum absolute atomic E-state index is 10.7. The van der Waals surface area contributed by atoms with Crippen LogP contribution in [0.25, 0.3) is 33.7 Å². The van der Waals surface area contributed by atoms with Gasteiger partial charge in [0.15, 0.2) is 0 Å². The average Bonchev–Trinajstić information content (AvgIpc) is 3.17. The summed E-state index contributed by atoms with van der Waals surface area (Å²) >= 11 is 0. The molecule has 4 aromatic rings. The SMILES string of the molecule is COc1nc2ccccc2cc1-c1noc(-c2ccc([N+](=O)[O-])cc2)n1. The number of nitro benzene ring substituents is 1. The summed E-state index contributed by atoms with van der Waals surface area (Å²) in [6.07, 6.45) is 0. The summed E-state index contributed by atoms with van der Waals surface area (Å²) in [5, 5.41) is 15.7. The number of hydrogen-bond donors (Lipinski definition) is 0. The molecule has 2 aromatic heterocycles. The largest absolute Gasteiger partial charge is 0.480 e. The first-order valence-corrected chi connectivity index (χ1v) is 7.68. The fraction of sp³-hybridized carbons (Fsp3) is 0.0556. The van der Waals surface area contributed by atoms with Crippen LogP contribution in [0.15, 0.2) is 59.1 Å². The number of para-hydroxylation sites is 1. The Balaban J connectivity index is 1.76. The van der Waals surface area contributed by atoms with Crippen LogP contribution in [0.4, 0.5) is 5.69 Å². The second-order valence-corrected chi connectivity index (χ2v) is 5.47. The van der Waals surface area contributed by atoms with Gasteiger partial charge in [-0.1, -0.05) is 23.4 Å². The van der Waals surface area contributed by atoms with Gasteiger partial charge in [0.05, 0.1) is 23.1 Å². The molecule has 2 heterocycles. The van der Waals surface area contributed by atoms with E-state index >= 15 is 0 Å². The number of rotatable bonds is 4. The van der Waals surface area contributed by atoms with E-state index in [1.807, 2.05) is 30.3 Å². The van der Waals surface area contributed by atoms with Crippen LogP contribution in [0.2, 0.25) is 0 Å². The van der Waals surface area contributed by atoms with Crippen molar-refractivity contribution in [1.82, 2.24) is 15.1 Å². The minimum atomic E-state index is -0.464. The number of nitro groups is 1. The first kappa shape index (κ1) is 15.7. The Morgan fingerprint density at radius 1 is 1.08 bits per heavy atom. The van der Waals surface area contributed by atoms with Crippen molar-refractivity contribution in [3.05, 3.63) is 64.7 Å². The van der Waals surface area contributed by atoms with E-state index < -0.39 is 4.92 Å². The Hall–Kier alpha value is -3.81. The average molecular weight is 348 g/mol. The molecule has 0 spiro atoms. The molecule has 2 aromatic carbocycles. The van der Waals surface area contributed by atoms with E-state index in [4.69, 9.17) is 9.26 Å². The Kier molecular flexibility index (Phi) is 3.77. The van der Waals surface area contributed by atoms with Crippen LogP contribution < -0.4 is 4.74 Å². The number of pyridine rings is 1. The predicted molar refractivity (Wildman–Crippen MR) is 93.7 cm³/mol. The minimum absolute atomic E-state index is 0.00566. The molecule has 26 heavy (non-hydrogen) atoms. The topological polar surface area (TPSA) is 104 Å². The Labute approximate surface area is 147 Å². The van der Waals surface area contributed by atoms with Crippen LogP contribution in [0.5, 0.6) is 5.88 Å². The summed E-state index contributed by atoms with van der Waals surface area (Å²) < 4.78 is 10.7. The van der Waals surface area contributed by atoms with Crippen molar-refractivity contribution in [2.75, 3.05) is 7.11 Å². The van der Waals surface area contributed by atoms with Gasteiger partial charge in [0, 0.05) is 23.1 Å². The molecule has 8 nitrogen and oxygen atoms in total. The third kappa shape index (κ3) is 2.73. The van der Waals surface area contributed by atoms with E-state index in [1.54, 1.807) is 12.1 Å². The highest BCUT2D eigenvalue weighted by Gasteiger charge is 2.17. The fourth-order valence-electron chi connectivity index (χ4n) is 2.59. The summed E-state index contributed by atoms with van der Waals surface area (Å²) in [5.41, 5.74) is 1.98. The van der Waals surface area contributed by atoms with Gasteiger partial charge in [-0.15, -0.1) is 0 Å². The molecule has 0 N–H and O–H groups in total. The molecule has 128 valence electrons. The molecule has 0 bridgehead atoms. The molecule has 0 amide bonds. The van der Waals surface area contributed by atoms with E-state index in [-0.39, 0.29) is 11.6 Å². The lowest BCUT2D eigenvalue weighted by Gasteiger charge is -2.06. The van der Waals surface area contributed by atoms with Gasteiger partial charge >= 0.3 is 0 Å². The Bertz CT molecular complexity index is 1110. The van der Waals surface area contributed by atoms with Crippen molar-refractivity contribution in [3.63, 3.8) is 0 Å². The number of nitrogens with zero attached hydrogens (tertiary/aromatic N) is 4. The van der Waals surface area contributed by atoms with Crippen LogP contribution >= 0.6 is 0 Å². The molecular formula is C18H12N4O4. The molecule has 0 aliphatic heterocycles. The number of ether oxygens (including phenoxy) is 1. The monoisotopic (exact) mass is 348 g/mol. The fourth-order valence-corrected chi connectivity index (χ4v) is 2.59. The molecule has 0 aliphatic rings. The van der Waals surface area contributed by atoms with Gasteiger partial charge in [0.25, 0.3) is 11.6 Å². The first-order valence-electron chi connectivity index (χ1n) is 7.68. The number of non-ortho nitro benzene ring substituents is 1. The lowest BCUT2D eigenvalue weighted by atomic mass is 10.1. The van der Waals surface area contributed by atoms with E-state index in [9.17, 15) is 10.1 Å². The lowest BCUT2D eigenvalue weighted by Crippen LogP contribution is -1.94. The predicted octanol–water partition coefficient (Wildman–Crippen LogP) is 3.87. The maximum atomic E-state index is 10.7. The zero-order chi connectivity index (χ0) is 18.1. The van der Waals surface area contributed by atoms with Gasteiger partial charge in [0.1, 0.15) is 0 Å². The maximum Gasteiger partial charge on any atom is 0.269 e. The van der Waals surface area contributed by atoms with Crippen molar-refractivity contribution in [2.45, 2.75) is 0 Å². The second-order valence-electron chi connectivity index (χ2n) is 5.47. The van der Waals surface area contributed by atoms with Gasteiger partial charge in [-0.25, -0.2) is 4.98 Å². The summed E-state index contributed by atoms with van der Waals surface area (Å²) in [7, 11) is 1.53. The summed E-state index contributed by atoms with van der Waals surface area (Å²) in [4.78, 5) is 19.1. The highest BCUT2D eigenvalue weighted by molar-refractivity contribution is 5.85. The van der Waals surface area contributed by atoms with Gasteiger partial charge in [-0.2, -0.15) is 4.98 Å². The standard InChI is InChI=1S/C18H12N4O4/c1-25-18-14(10-12-4-2-3-5-15(12)19-18)16-20-17(26-21-16)11-6-8-13(9-7-11)22(23)24/h2-10H,1H3. The molecule has 0 saturated heterocycles. The lowest BCUT2D eigenvalue weighted by molar-refractivity contribution is -0.384. The highest BCUT2D eigenvalue weighted by Crippen LogP contribution is 2.31. The second kappa shape index (κ2) is 6.25. The van der Waals surface area contributed by atoms with Crippen LogP contribution in [-0.2, 0) is 0 Å². The molecule has 0 aliphatic carbocycles. The number of fused-ring (bicyclic) bond motifs is 1. The molecule has 0 unspecified atom stereocenters. The minimum Gasteiger partial charge on any atom is -0.480 e. The van der Waals surface area contributed by atoms with E-state index in [2.05, 4.69) is 15.1 Å². The number of benzene rings is 2. The van der Waals surface area contributed by atoms with E-state index in [1.165, 1.54) is 19.2 Å². The summed E-state index contributed by atoms with van der Waals surface area (Å²) in [6, 6.07) is 15.4. The zero-order valence-electron chi connectivity index (χ0n) is 13.6. The molecular weight excluding hydrogens is 336 g/mol. The molecule has 0 saturated carbocycles. The molecule has 0 atom stereocenters. The van der Waals surface area contributed by atoms with Gasteiger partial charge < -0.3 is 9.26 Å². The molecule has 0 radical (unpaired) electrons. The number of methoxy groups -OCH3 is 1. The summed E-state index contributed by atoms with van der Waals surface area (Å²) in [5.74, 6) is 0.971. The van der Waals surface area contributed by atoms with Crippen molar-refractivity contribution in [1.29, 1.82) is 0 Å². The smallest absolute Gasteiger partial charge is 0.269 e. The summed E-state index contributed by atoms with van der Waals surface area (Å²) in [6.45, 7) is 0. The van der Waals surface area contributed by atoms with Gasteiger partial charge in [0.2, 0.25) is 11.7 Å². The Morgan fingerprint density at radius 2 is 1.85 bits per heavy atom. The first-order chi connectivity index (χ1) is 12.7. The molecule has 4 rings (SSSR count). The Morgan fingerprint density at radius 3 is 2.58 bits per heavy atom. The van der Waals surface area contributed by atoms with Gasteiger partial charge in [-0.05, 0) is 24.3 Å². The highest BCUT2D eigenvalue weighted by atomic mass is 16.6. The van der Waals surface area contributed by atoms with E-state index in [0.717, 1.165) is 10.9 Å². The van der Waals surface area contributed by atoms with Crippen LogP contribution in [0.3, 0.4) is 0 Å². The van der Waals surface area contributed by atoms with Crippen molar-refractivity contribution < 1.29 is 14.2 Å². The number of aromatic nitrogens is 3. The molecule has 8 heteroatoms. The third-order valence-corrected chi connectivity index (χ3v) is 3.87. The molecule has 0 fully saturated rings. The van der Waals surface area contributed by atoms with Gasteiger partial charge in [-0.3, -0.25) is 10.1 Å². The van der Waals surface area contributed by atoms with Crippen molar-refractivity contribution >= 4 is 16.6 Å². The zero-order valence-corrected chi connectivity index (χ0v) is 13.6. The normalized spacial score (nSPS) is 10.8. The van der Waals surface area contributed by atoms with E-state index in [0.29, 0.717) is 22.8 Å². The quantitative estimate of drug-likeness (QED) is 0.407. The third-order valence-electron chi connectivity index (χ3n) is 3.87. The van der Waals surface area contributed by atoms with Crippen LogP contribution in [-0.4, -0.2) is 27.2 Å². The van der Waals surface area contributed by atoms with Crippen LogP contribution in [0.1, 0.15) is 0 Å².